The molecule has 0 aromatic rings. The molecule has 1 aliphatic carbocycles. The molecule has 5 heteroatoms. The smallest absolute Gasteiger partial charge is 0.285 e. The van der Waals surface area contributed by atoms with Gasteiger partial charge < -0.3 is 5.73 Å². The highest BCUT2D eigenvalue weighted by Gasteiger charge is 2.55. The number of nitriles is 1. The summed E-state index contributed by atoms with van der Waals surface area (Å²) in [6, 6.07) is 2.47. The highest BCUT2D eigenvalue weighted by molar-refractivity contribution is 6.37. The Labute approximate surface area is 94.2 Å². The van der Waals surface area contributed by atoms with E-state index in [2.05, 4.69) is 11.0 Å². The van der Waals surface area contributed by atoms with E-state index in [9.17, 15) is 9.59 Å². The summed E-state index contributed by atoms with van der Waals surface area (Å²) < 4.78 is 0. The third-order valence-corrected chi connectivity index (χ3v) is 3.73. The van der Waals surface area contributed by atoms with Gasteiger partial charge in [0.05, 0.1) is 11.5 Å². The van der Waals surface area contributed by atoms with Crippen molar-refractivity contribution in [3.8, 4) is 6.07 Å². The molecule has 1 aliphatic heterocycles. The summed E-state index contributed by atoms with van der Waals surface area (Å²) in [5.74, 6) is -1.52. The predicted octanol–water partition coefficient (Wildman–Crippen LogP) is -0.335. The number of amides is 1. The molecule has 16 heavy (non-hydrogen) atoms. The lowest BCUT2D eigenvalue weighted by molar-refractivity contribution is -0.137. The van der Waals surface area contributed by atoms with Gasteiger partial charge in [0, 0.05) is 25.0 Å². The van der Waals surface area contributed by atoms with Gasteiger partial charge in [0.25, 0.3) is 5.91 Å². The van der Waals surface area contributed by atoms with E-state index in [4.69, 9.17) is 11.0 Å². The first-order valence-electron chi connectivity index (χ1n) is 5.52. The maximum absolute atomic E-state index is 11.3. The Morgan fingerprint density at radius 2 is 2.19 bits per heavy atom. The van der Waals surface area contributed by atoms with Crippen molar-refractivity contribution in [2.75, 3.05) is 13.1 Å². The van der Waals surface area contributed by atoms with Crippen LogP contribution in [0.25, 0.3) is 0 Å². The van der Waals surface area contributed by atoms with Crippen LogP contribution in [0.4, 0.5) is 0 Å². The average molecular weight is 221 g/mol. The van der Waals surface area contributed by atoms with Gasteiger partial charge in [0.15, 0.2) is 0 Å². The first-order chi connectivity index (χ1) is 7.53. The summed E-state index contributed by atoms with van der Waals surface area (Å²) >= 11 is 0. The zero-order valence-corrected chi connectivity index (χ0v) is 9.27. The highest BCUT2D eigenvalue weighted by atomic mass is 16.2. The topological polar surface area (TPSA) is 87.2 Å². The second-order valence-electron chi connectivity index (χ2n) is 4.79. The van der Waals surface area contributed by atoms with E-state index in [1.807, 2.05) is 6.92 Å². The maximum Gasteiger partial charge on any atom is 0.285 e. The molecule has 0 aromatic heterocycles. The SMILES string of the molecule is CCC1(C#N)CN(C2CC2C(=O)C(N)=O)C1. The van der Waals surface area contributed by atoms with Crippen molar-refractivity contribution in [1.29, 1.82) is 5.26 Å². The van der Waals surface area contributed by atoms with E-state index in [0.717, 1.165) is 6.42 Å². The lowest BCUT2D eigenvalue weighted by Gasteiger charge is -2.45. The second kappa shape index (κ2) is 3.56. The van der Waals surface area contributed by atoms with E-state index in [-0.39, 0.29) is 17.4 Å². The fourth-order valence-corrected chi connectivity index (χ4v) is 2.39. The van der Waals surface area contributed by atoms with Gasteiger partial charge in [-0.05, 0) is 12.8 Å². The summed E-state index contributed by atoms with van der Waals surface area (Å²) in [5, 5.41) is 9.00. The molecule has 86 valence electrons. The number of hydrogen-bond donors (Lipinski definition) is 1. The van der Waals surface area contributed by atoms with Gasteiger partial charge in [-0.25, -0.2) is 0 Å². The Morgan fingerprint density at radius 3 is 2.62 bits per heavy atom. The van der Waals surface area contributed by atoms with Gasteiger partial charge >= 0.3 is 0 Å². The van der Waals surface area contributed by atoms with Crippen LogP contribution in [0, 0.1) is 22.7 Å². The summed E-state index contributed by atoms with van der Waals surface area (Å²) in [7, 11) is 0. The summed E-state index contributed by atoms with van der Waals surface area (Å²) in [4.78, 5) is 24.1. The standard InChI is InChI=1S/C11H15N3O2/c1-2-11(4-12)5-14(6-11)8-3-7(8)9(15)10(13)16/h7-8H,2-3,5-6H2,1H3,(H2,13,16). The first kappa shape index (κ1) is 11.1. The number of nitrogens with two attached hydrogens (primary N) is 1. The van der Waals surface area contributed by atoms with E-state index < -0.39 is 11.7 Å². The summed E-state index contributed by atoms with van der Waals surface area (Å²) in [6.45, 7) is 3.43. The fourth-order valence-electron chi connectivity index (χ4n) is 2.39. The number of carbonyl (C=O) groups excluding carboxylic acids is 2. The Hall–Kier alpha value is -1.41. The molecule has 0 radical (unpaired) electrons. The minimum absolute atomic E-state index is 0.146. The molecule has 1 heterocycles. The summed E-state index contributed by atoms with van der Waals surface area (Å²) in [5.41, 5.74) is 4.71. The van der Waals surface area contributed by atoms with Crippen molar-refractivity contribution in [3.05, 3.63) is 0 Å². The lowest BCUT2D eigenvalue weighted by atomic mass is 9.78. The highest BCUT2D eigenvalue weighted by Crippen LogP contribution is 2.44. The van der Waals surface area contributed by atoms with Crippen LogP contribution in [0.2, 0.25) is 0 Å². The van der Waals surface area contributed by atoms with Crippen LogP contribution in [-0.4, -0.2) is 35.7 Å². The minimum atomic E-state index is -0.838. The molecule has 2 aliphatic rings. The Bertz CT molecular complexity index is 379. The van der Waals surface area contributed by atoms with Crippen LogP contribution in [0.3, 0.4) is 0 Å². The third kappa shape index (κ3) is 1.59. The molecule has 1 amide bonds. The molecule has 2 rings (SSSR count). The molecule has 0 aromatic carbocycles. The van der Waals surface area contributed by atoms with Crippen LogP contribution < -0.4 is 5.73 Å². The number of hydrogen-bond acceptors (Lipinski definition) is 4. The number of ketones is 1. The van der Waals surface area contributed by atoms with Crippen molar-refractivity contribution in [3.63, 3.8) is 0 Å². The van der Waals surface area contributed by atoms with Crippen molar-refractivity contribution in [2.45, 2.75) is 25.8 Å². The third-order valence-electron chi connectivity index (χ3n) is 3.73. The Kier molecular flexibility index (Phi) is 2.47. The average Bonchev–Trinajstić information content (AvgIpc) is 2.96. The number of primary amides is 1. The van der Waals surface area contributed by atoms with E-state index in [0.29, 0.717) is 19.5 Å². The van der Waals surface area contributed by atoms with Crippen LogP contribution in [-0.2, 0) is 9.59 Å². The monoisotopic (exact) mass is 221 g/mol. The van der Waals surface area contributed by atoms with E-state index >= 15 is 0 Å². The number of rotatable bonds is 4. The van der Waals surface area contributed by atoms with Gasteiger partial charge in [-0.3, -0.25) is 14.5 Å². The van der Waals surface area contributed by atoms with E-state index in [1.54, 1.807) is 0 Å². The fraction of sp³-hybridized carbons (Fsp3) is 0.727. The maximum atomic E-state index is 11.3. The molecule has 0 spiro atoms. The molecule has 2 fully saturated rings. The van der Waals surface area contributed by atoms with Gasteiger partial charge in [0.2, 0.25) is 5.78 Å². The molecule has 5 nitrogen and oxygen atoms in total. The van der Waals surface area contributed by atoms with Crippen molar-refractivity contribution >= 4 is 11.7 Å². The summed E-state index contributed by atoms with van der Waals surface area (Å²) in [6.07, 6.45) is 1.55. The Balaban J connectivity index is 1.86. The first-order valence-corrected chi connectivity index (χ1v) is 5.52. The van der Waals surface area contributed by atoms with Crippen molar-refractivity contribution < 1.29 is 9.59 Å². The van der Waals surface area contributed by atoms with Crippen LogP contribution in [0.5, 0.6) is 0 Å². The van der Waals surface area contributed by atoms with Crippen LogP contribution in [0.1, 0.15) is 19.8 Å². The molecule has 1 saturated heterocycles. The molecular weight excluding hydrogens is 206 g/mol. The largest absolute Gasteiger partial charge is 0.363 e. The number of Topliss-reactive ketones (excluding diaryl/α,β-unsaturated/α-hetero) is 1. The zero-order chi connectivity index (χ0) is 11.9. The van der Waals surface area contributed by atoms with Gasteiger partial charge in [0.1, 0.15) is 0 Å². The normalized spacial score (nSPS) is 31.2. The zero-order valence-electron chi connectivity index (χ0n) is 9.27. The van der Waals surface area contributed by atoms with Crippen molar-refractivity contribution in [1.82, 2.24) is 4.90 Å². The van der Waals surface area contributed by atoms with Gasteiger partial charge in [-0.2, -0.15) is 5.26 Å². The van der Waals surface area contributed by atoms with E-state index in [1.165, 1.54) is 0 Å². The van der Waals surface area contributed by atoms with Crippen LogP contribution >= 0.6 is 0 Å². The van der Waals surface area contributed by atoms with Gasteiger partial charge in [-0.1, -0.05) is 6.92 Å². The molecule has 2 unspecified atom stereocenters. The van der Waals surface area contributed by atoms with Gasteiger partial charge in [-0.15, -0.1) is 0 Å². The number of nitrogens with zero attached hydrogens (tertiary/aromatic N) is 2. The molecule has 0 bridgehead atoms. The molecule has 2 N–H and O–H groups in total. The molecule has 1 saturated carbocycles. The minimum Gasteiger partial charge on any atom is -0.363 e. The molecular formula is C11H15N3O2. The number of likely N-dealkylation sites (tertiary alicyclic amines) is 1. The van der Waals surface area contributed by atoms with Crippen LogP contribution in [0.15, 0.2) is 0 Å². The quantitative estimate of drug-likeness (QED) is 0.658. The Morgan fingerprint density at radius 1 is 1.56 bits per heavy atom. The number of carbonyl (C=O) groups is 2. The lowest BCUT2D eigenvalue weighted by Crippen LogP contribution is -2.56. The second-order valence-corrected chi connectivity index (χ2v) is 4.79. The van der Waals surface area contributed by atoms with Crippen molar-refractivity contribution in [2.24, 2.45) is 17.1 Å². The molecule has 2 atom stereocenters. The predicted molar refractivity (Wildman–Crippen MR) is 56.0 cm³/mol.